The molecule has 2 rings (SSSR count). The molecule has 0 radical (unpaired) electrons. The van der Waals surface area contributed by atoms with E-state index in [4.69, 9.17) is 26.6 Å². The number of phenolic OH excluding ortho intramolecular Hbond substituents is 2. The average Bonchev–Trinajstić information content (AvgIpc) is 2.45. The predicted octanol–water partition coefficient (Wildman–Crippen LogP) is 3.89. The minimum Gasteiger partial charge on any atom is -0.507 e. The predicted molar refractivity (Wildman–Crippen MR) is 94.6 cm³/mol. The summed E-state index contributed by atoms with van der Waals surface area (Å²) < 4.78 is 1.09. The van der Waals surface area contributed by atoms with Crippen molar-refractivity contribution in [1.29, 1.82) is 10.7 Å². The number of phenols is 2. The van der Waals surface area contributed by atoms with Gasteiger partial charge in [0.2, 0.25) is 0 Å². The van der Waals surface area contributed by atoms with Crippen molar-refractivity contribution in [3.05, 3.63) is 56.5 Å². The van der Waals surface area contributed by atoms with Gasteiger partial charge in [-0.1, -0.05) is 0 Å². The van der Waals surface area contributed by atoms with Gasteiger partial charge in [-0.05, 0) is 68.3 Å². The molecule has 2 aromatic rings. The number of nitrogen functional groups attached to an aromatic ring is 1. The van der Waals surface area contributed by atoms with E-state index in [0.717, 1.165) is 0 Å². The third kappa shape index (κ3) is 5.93. The van der Waals surface area contributed by atoms with Crippen LogP contribution in [0.5, 0.6) is 11.5 Å². The molecule has 0 spiro atoms. The fourth-order valence-electron chi connectivity index (χ4n) is 1.25. The van der Waals surface area contributed by atoms with Gasteiger partial charge in [0.05, 0.1) is 20.6 Å². The van der Waals surface area contributed by atoms with E-state index in [9.17, 15) is 0 Å². The van der Waals surface area contributed by atoms with Crippen molar-refractivity contribution in [3.8, 4) is 17.6 Å². The van der Waals surface area contributed by atoms with Crippen LogP contribution in [0.3, 0.4) is 0 Å². The molecule has 0 aliphatic heterocycles. The fraction of sp³-hybridized carbons (Fsp3) is 0. The highest BCUT2D eigenvalue weighted by molar-refractivity contribution is 9.10. The zero-order valence-electron chi connectivity index (χ0n) is 11.0. The number of nitriles is 1. The molecule has 0 aliphatic carbocycles. The summed E-state index contributed by atoms with van der Waals surface area (Å²) in [6.45, 7) is 0. The van der Waals surface area contributed by atoms with Crippen molar-refractivity contribution in [2.75, 3.05) is 0 Å². The van der Waals surface area contributed by atoms with Gasteiger partial charge in [-0.25, -0.2) is 0 Å². The Hall–Kier alpha value is -1.75. The highest BCUT2D eigenvalue weighted by Crippen LogP contribution is 2.24. The fourth-order valence-corrected chi connectivity index (χ4v) is 2.01. The van der Waals surface area contributed by atoms with E-state index in [0.29, 0.717) is 20.1 Å². The van der Waals surface area contributed by atoms with Crippen LogP contribution in [0.1, 0.15) is 11.1 Å². The smallest absolute Gasteiger partial charge is 0.129 e. The summed E-state index contributed by atoms with van der Waals surface area (Å²) in [6, 6.07) is 11.2. The van der Waals surface area contributed by atoms with Crippen molar-refractivity contribution < 1.29 is 10.2 Å². The number of halogens is 3. The lowest BCUT2D eigenvalue weighted by molar-refractivity contribution is 0.471. The Labute approximate surface area is 150 Å². The second kappa shape index (κ2) is 9.30. The van der Waals surface area contributed by atoms with E-state index < -0.39 is 0 Å². The zero-order chi connectivity index (χ0) is 16.0. The Bertz CT molecular complexity index is 718. The Balaban J connectivity index is 0.000000385. The van der Waals surface area contributed by atoms with E-state index in [1.807, 2.05) is 6.07 Å². The molecule has 0 fully saturated rings. The number of nitrogens with one attached hydrogen (secondary N) is 1. The van der Waals surface area contributed by atoms with Crippen molar-refractivity contribution >= 4 is 50.1 Å². The molecule has 8 heteroatoms. The van der Waals surface area contributed by atoms with Gasteiger partial charge in [0.1, 0.15) is 17.3 Å². The minimum absolute atomic E-state index is 0. The Kier molecular flexibility index (Phi) is 8.56. The van der Waals surface area contributed by atoms with E-state index >= 15 is 0 Å². The van der Waals surface area contributed by atoms with E-state index in [1.54, 1.807) is 24.3 Å². The third-order valence-electron chi connectivity index (χ3n) is 2.34. The van der Waals surface area contributed by atoms with Gasteiger partial charge in [0, 0.05) is 5.56 Å². The molecule has 0 unspecified atom stereocenters. The summed E-state index contributed by atoms with van der Waals surface area (Å²) in [5.74, 6) is 0.291. The van der Waals surface area contributed by atoms with E-state index in [2.05, 4.69) is 31.9 Å². The molecule has 2 aromatic carbocycles. The number of aromatic hydroxyl groups is 2. The Morgan fingerprint density at radius 1 is 1.05 bits per heavy atom. The Morgan fingerprint density at radius 2 is 1.55 bits per heavy atom. The molecule has 22 heavy (non-hydrogen) atoms. The van der Waals surface area contributed by atoms with Crippen molar-refractivity contribution in [1.82, 2.24) is 0 Å². The first-order valence-electron chi connectivity index (χ1n) is 5.56. The zero-order valence-corrected chi connectivity index (χ0v) is 15.0. The van der Waals surface area contributed by atoms with Crippen LogP contribution < -0.4 is 5.73 Å². The molecule has 0 heterocycles. The van der Waals surface area contributed by atoms with Crippen molar-refractivity contribution in [2.45, 2.75) is 0 Å². The van der Waals surface area contributed by atoms with Crippen molar-refractivity contribution in [2.24, 2.45) is 5.73 Å². The van der Waals surface area contributed by atoms with Crippen LogP contribution in [-0.2, 0) is 0 Å². The lowest BCUT2D eigenvalue weighted by atomic mass is 10.2. The number of hydrogen-bond donors (Lipinski definition) is 4. The van der Waals surface area contributed by atoms with Gasteiger partial charge in [0.25, 0.3) is 0 Å². The number of hydrogen-bond acceptors (Lipinski definition) is 4. The number of nitrogens with two attached hydrogens (primary N) is 1. The number of amidine groups is 1. The number of rotatable bonds is 1. The second-order valence-corrected chi connectivity index (χ2v) is 5.57. The van der Waals surface area contributed by atoms with E-state index in [1.165, 1.54) is 12.1 Å². The van der Waals surface area contributed by atoms with Crippen LogP contribution in [0.15, 0.2) is 45.3 Å². The lowest BCUT2D eigenvalue weighted by Crippen LogP contribution is -2.10. The second-order valence-electron chi connectivity index (χ2n) is 3.86. The van der Waals surface area contributed by atoms with Gasteiger partial charge in [0.15, 0.2) is 0 Å². The molecule has 0 atom stereocenters. The van der Waals surface area contributed by atoms with Gasteiger partial charge in [-0.15, -0.1) is 12.4 Å². The highest BCUT2D eigenvalue weighted by atomic mass is 79.9. The SMILES string of the molecule is Cl.N#Cc1ccc(O)c(Br)c1.N=C(N)c1ccc(O)c(Br)c1. The third-order valence-corrected chi connectivity index (χ3v) is 3.61. The lowest BCUT2D eigenvalue weighted by Gasteiger charge is -1.99. The summed E-state index contributed by atoms with van der Waals surface area (Å²) in [5, 5.41) is 33.5. The first-order chi connectivity index (χ1) is 9.85. The van der Waals surface area contributed by atoms with Gasteiger partial charge in [-0.3, -0.25) is 5.41 Å². The maximum absolute atomic E-state index is 9.07. The molecule has 0 saturated heterocycles. The Morgan fingerprint density at radius 3 is 1.95 bits per heavy atom. The van der Waals surface area contributed by atoms with Crippen LogP contribution in [-0.4, -0.2) is 16.0 Å². The standard InChI is InChI=1S/C7H7BrN2O.C7H4BrNO.ClH/c8-5-3-4(7(9)10)1-2-6(5)11;8-6-3-5(4-9)1-2-7(6)10;/h1-3,11H,(H3,9,10);1-3,10H;1H. The summed E-state index contributed by atoms with van der Waals surface area (Å²) in [5.41, 5.74) is 6.34. The molecule has 0 aromatic heterocycles. The molecule has 5 nitrogen and oxygen atoms in total. The normalized spacial score (nSPS) is 8.77. The largest absolute Gasteiger partial charge is 0.507 e. The first-order valence-corrected chi connectivity index (χ1v) is 7.15. The first kappa shape index (κ1) is 20.2. The summed E-state index contributed by atoms with van der Waals surface area (Å²) in [4.78, 5) is 0. The highest BCUT2D eigenvalue weighted by Gasteiger charge is 2.00. The molecule has 116 valence electrons. The summed E-state index contributed by atoms with van der Waals surface area (Å²) in [6.07, 6.45) is 0. The molecule has 0 amide bonds. The van der Waals surface area contributed by atoms with Crippen LogP contribution in [0.25, 0.3) is 0 Å². The molecule has 0 aliphatic rings. The maximum Gasteiger partial charge on any atom is 0.129 e. The molecule has 0 saturated carbocycles. The average molecular weight is 450 g/mol. The van der Waals surface area contributed by atoms with Crippen LogP contribution in [0, 0.1) is 16.7 Å². The van der Waals surface area contributed by atoms with Gasteiger partial charge < -0.3 is 15.9 Å². The van der Waals surface area contributed by atoms with Crippen molar-refractivity contribution in [3.63, 3.8) is 0 Å². The van der Waals surface area contributed by atoms with Crippen LogP contribution in [0.2, 0.25) is 0 Å². The minimum atomic E-state index is -0.00861. The van der Waals surface area contributed by atoms with Gasteiger partial charge in [-0.2, -0.15) is 5.26 Å². The van der Waals surface area contributed by atoms with Crippen LogP contribution in [0.4, 0.5) is 0 Å². The monoisotopic (exact) mass is 447 g/mol. The van der Waals surface area contributed by atoms with Crippen LogP contribution >= 0.6 is 44.3 Å². The maximum atomic E-state index is 9.07. The van der Waals surface area contributed by atoms with Gasteiger partial charge >= 0.3 is 0 Å². The number of benzene rings is 2. The summed E-state index contributed by atoms with van der Waals surface area (Å²) in [7, 11) is 0. The summed E-state index contributed by atoms with van der Waals surface area (Å²) >= 11 is 6.20. The quantitative estimate of drug-likeness (QED) is 0.391. The topological polar surface area (TPSA) is 114 Å². The number of nitrogens with zero attached hydrogens (tertiary/aromatic N) is 1. The molecular weight excluding hydrogens is 437 g/mol. The van der Waals surface area contributed by atoms with E-state index in [-0.39, 0.29) is 29.7 Å². The molecule has 5 N–H and O–H groups in total. The molecule has 0 bridgehead atoms. The molecular formula is C14H12Br2ClN3O2.